The van der Waals surface area contributed by atoms with Gasteiger partial charge in [0.15, 0.2) is 6.29 Å². The largest absolute Gasteiger partial charge is 0.380 e. The van der Waals surface area contributed by atoms with Crippen molar-refractivity contribution in [2.45, 2.75) is 50.9 Å². The van der Waals surface area contributed by atoms with Gasteiger partial charge in [0.25, 0.3) is 5.91 Å². The predicted octanol–water partition coefficient (Wildman–Crippen LogP) is 2.51. The van der Waals surface area contributed by atoms with E-state index < -0.39 is 12.1 Å². The molecule has 0 radical (unpaired) electrons. The predicted molar refractivity (Wildman–Crippen MR) is 146 cm³/mol. The first-order valence-electron chi connectivity index (χ1n) is 13.5. The highest BCUT2D eigenvalue weighted by atomic mass is 16.5. The first-order valence-corrected chi connectivity index (χ1v) is 13.5. The molecule has 2 atom stereocenters. The Morgan fingerprint density at radius 1 is 1.30 bits per heavy atom. The van der Waals surface area contributed by atoms with Crippen LogP contribution in [0, 0.1) is 11.3 Å². The lowest BCUT2D eigenvalue weighted by Crippen LogP contribution is -2.40. The normalized spacial score (nSPS) is 20.1. The Hall–Kier alpha value is -4.08. The van der Waals surface area contributed by atoms with E-state index >= 15 is 0 Å². The summed E-state index contributed by atoms with van der Waals surface area (Å²) in [6, 6.07) is 5.31. The molecule has 12 nitrogen and oxygen atoms in total. The van der Waals surface area contributed by atoms with Gasteiger partial charge in [-0.15, -0.1) is 0 Å². The molecule has 0 saturated carbocycles. The van der Waals surface area contributed by atoms with Gasteiger partial charge in [-0.2, -0.15) is 5.26 Å². The lowest BCUT2D eigenvalue weighted by Gasteiger charge is -2.30. The van der Waals surface area contributed by atoms with Crippen molar-refractivity contribution < 1.29 is 23.9 Å². The van der Waals surface area contributed by atoms with Crippen molar-refractivity contribution in [2.24, 2.45) is 0 Å². The minimum atomic E-state index is -0.447. The standard InChI is InChI=1S/C28H33N7O5/c1-33(27(37)24-6-4-10-40-24)15-19-11-18-5-3-8-35(26(18)31-22(19)17-36)28(38)32-25-12-23(20(13-29)14-30-25)34-9-7-21(16-34)39-2/h11-12,14,17,21,24H,3-10,15-16H2,1-2H3,(H,30,32,38)/t21-,24-/m1/s1. The molecule has 0 bridgehead atoms. The third kappa shape index (κ3) is 5.61. The molecule has 2 aromatic heterocycles. The molecular weight excluding hydrogens is 514 g/mol. The van der Waals surface area contributed by atoms with Crippen LogP contribution in [-0.2, 0) is 27.2 Å². The van der Waals surface area contributed by atoms with E-state index in [2.05, 4.69) is 26.3 Å². The Bertz CT molecular complexity index is 1340. The Labute approximate surface area is 232 Å². The minimum absolute atomic E-state index is 0.0829. The molecule has 3 aliphatic heterocycles. The van der Waals surface area contributed by atoms with E-state index in [0.717, 1.165) is 24.9 Å². The third-order valence-corrected chi connectivity index (χ3v) is 7.68. The van der Waals surface area contributed by atoms with Crippen molar-refractivity contribution in [1.82, 2.24) is 14.9 Å². The zero-order valence-corrected chi connectivity index (χ0v) is 22.8. The maximum absolute atomic E-state index is 13.4. The average molecular weight is 548 g/mol. The van der Waals surface area contributed by atoms with Crippen molar-refractivity contribution in [1.29, 1.82) is 5.26 Å². The molecule has 3 amide bonds. The highest BCUT2D eigenvalue weighted by Gasteiger charge is 2.30. The van der Waals surface area contributed by atoms with Gasteiger partial charge in [0.05, 0.1) is 17.4 Å². The number of pyridine rings is 2. The summed E-state index contributed by atoms with van der Waals surface area (Å²) in [7, 11) is 3.36. The van der Waals surface area contributed by atoms with Gasteiger partial charge in [-0.3, -0.25) is 19.8 Å². The zero-order valence-electron chi connectivity index (χ0n) is 22.8. The van der Waals surface area contributed by atoms with Crippen molar-refractivity contribution in [3.8, 4) is 6.07 Å². The van der Waals surface area contributed by atoms with E-state index in [1.807, 2.05) is 6.07 Å². The van der Waals surface area contributed by atoms with Crippen LogP contribution in [0.1, 0.15) is 52.9 Å². The number of aromatic nitrogens is 2. The summed E-state index contributed by atoms with van der Waals surface area (Å²) in [4.78, 5) is 52.1. The number of nitriles is 1. The van der Waals surface area contributed by atoms with Crippen LogP contribution in [-0.4, -0.2) is 85.7 Å². The fourth-order valence-electron chi connectivity index (χ4n) is 5.51. The summed E-state index contributed by atoms with van der Waals surface area (Å²) < 4.78 is 11.0. The number of nitrogens with zero attached hydrogens (tertiary/aromatic N) is 6. The Balaban J connectivity index is 1.34. The number of likely N-dealkylation sites (N-methyl/N-ethyl adjacent to an activating group) is 1. The van der Waals surface area contributed by atoms with Crippen LogP contribution < -0.4 is 15.1 Å². The number of ether oxygens (including phenoxy) is 2. The fraction of sp³-hybridized carbons (Fsp3) is 0.500. The van der Waals surface area contributed by atoms with Crippen LogP contribution in [0.2, 0.25) is 0 Å². The number of methoxy groups -OCH3 is 1. The summed E-state index contributed by atoms with van der Waals surface area (Å²) >= 11 is 0. The van der Waals surface area contributed by atoms with Crippen LogP contribution in [0.4, 0.5) is 22.1 Å². The molecule has 210 valence electrons. The molecule has 2 aromatic rings. The van der Waals surface area contributed by atoms with Crippen LogP contribution in [0.25, 0.3) is 0 Å². The molecule has 5 rings (SSSR count). The first-order chi connectivity index (χ1) is 19.4. The third-order valence-electron chi connectivity index (χ3n) is 7.68. The van der Waals surface area contributed by atoms with Crippen LogP contribution in [0.3, 0.4) is 0 Å². The number of anilines is 3. The van der Waals surface area contributed by atoms with E-state index in [1.165, 1.54) is 11.1 Å². The molecule has 0 aliphatic carbocycles. The van der Waals surface area contributed by atoms with Gasteiger partial charge < -0.3 is 19.3 Å². The summed E-state index contributed by atoms with van der Waals surface area (Å²) in [6.07, 6.45) is 5.55. The number of carbonyl (C=O) groups excluding carboxylic acids is 3. The molecule has 0 unspecified atom stereocenters. The van der Waals surface area contributed by atoms with E-state index in [0.29, 0.717) is 73.7 Å². The summed E-state index contributed by atoms with van der Waals surface area (Å²) in [5.74, 6) is 0.613. The molecule has 2 fully saturated rings. The highest BCUT2D eigenvalue weighted by Crippen LogP contribution is 2.30. The van der Waals surface area contributed by atoms with Crippen molar-refractivity contribution in [3.05, 3.63) is 40.7 Å². The van der Waals surface area contributed by atoms with Crippen LogP contribution in [0.15, 0.2) is 18.3 Å². The maximum atomic E-state index is 13.4. The molecule has 1 N–H and O–H groups in total. The van der Waals surface area contributed by atoms with Crippen LogP contribution >= 0.6 is 0 Å². The van der Waals surface area contributed by atoms with E-state index in [1.54, 1.807) is 25.1 Å². The Morgan fingerprint density at radius 2 is 2.15 bits per heavy atom. The van der Waals surface area contributed by atoms with Gasteiger partial charge in [-0.05, 0) is 43.7 Å². The van der Waals surface area contributed by atoms with Gasteiger partial charge in [0.2, 0.25) is 0 Å². The van der Waals surface area contributed by atoms with Crippen molar-refractivity contribution in [3.63, 3.8) is 0 Å². The maximum Gasteiger partial charge on any atom is 0.328 e. The molecule has 3 aliphatic rings. The number of fused-ring (bicyclic) bond motifs is 1. The lowest BCUT2D eigenvalue weighted by molar-refractivity contribution is -0.140. The second kappa shape index (κ2) is 12.0. The van der Waals surface area contributed by atoms with Gasteiger partial charge in [0, 0.05) is 64.8 Å². The second-order valence-electron chi connectivity index (χ2n) is 10.3. The minimum Gasteiger partial charge on any atom is -0.380 e. The number of urea groups is 1. The van der Waals surface area contributed by atoms with E-state index in [4.69, 9.17) is 9.47 Å². The van der Waals surface area contributed by atoms with Gasteiger partial charge in [-0.25, -0.2) is 14.8 Å². The monoisotopic (exact) mass is 547 g/mol. The SMILES string of the molecule is CO[C@@H]1CCN(c2cc(NC(=O)N3CCCc4cc(CN(C)C(=O)[C@H]5CCCO5)c(C=O)nc43)ncc2C#N)C1. The second-order valence-corrected chi connectivity index (χ2v) is 10.3. The van der Waals surface area contributed by atoms with Crippen molar-refractivity contribution in [2.75, 3.05) is 55.5 Å². The summed E-state index contributed by atoms with van der Waals surface area (Å²) in [5, 5.41) is 12.4. The van der Waals surface area contributed by atoms with Gasteiger partial charge in [0.1, 0.15) is 29.5 Å². The van der Waals surface area contributed by atoms with Crippen LogP contribution in [0.5, 0.6) is 0 Å². The lowest BCUT2D eigenvalue weighted by atomic mass is 10.0. The molecule has 40 heavy (non-hydrogen) atoms. The number of rotatable bonds is 7. The summed E-state index contributed by atoms with van der Waals surface area (Å²) in [5.41, 5.74) is 2.76. The number of aryl methyl sites for hydroxylation is 1. The Morgan fingerprint density at radius 3 is 2.85 bits per heavy atom. The molecule has 5 heterocycles. The Kier molecular flexibility index (Phi) is 8.23. The molecule has 12 heteroatoms. The van der Waals surface area contributed by atoms with Gasteiger partial charge in [-0.1, -0.05) is 0 Å². The fourth-order valence-corrected chi connectivity index (χ4v) is 5.51. The number of aldehydes is 1. The number of carbonyl (C=O) groups is 3. The number of hydrogen-bond donors (Lipinski definition) is 1. The molecule has 0 spiro atoms. The van der Waals surface area contributed by atoms with Gasteiger partial charge >= 0.3 is 6.03 Å². The van der Waals surface area contributed by atoms with Crippen molar-refractivity contribution >= 4 is 35.5 Å². The topological polar surface area (TPSA) is 141 Å². The van der Waals surface area contributed by atoms with E-state index in [-0.39, 0.29) is 24.2 Å². The smallest absolute Gasteiger partial charge is 0.328 e. The zero-order chi connectivity index (χ0) is 28.2. The number of amides is 3. The number of hydrogen-bond acceptors (Lipinski definition) is 9. The molecular formula is C28H33N7O5. The first kappa shape index (κ1) is 27.5. The number of nitrogens with one attached hydrogen (secondary N) is 1. The average Bonchev–Trinajstić information content (AvgIpc) is 3.69. The highest BCUT2D eigenvalue weighted by molar-refractivity contribution is 6.02. The summed E-state index contributed by atoms with van der Waals surface area (Å²) in [6.45, 7) is 2.60. The molecule has 2 saturated heterocycles. The van der Waals surface area contributed by atoms with E-state index in [9.17, 15) is 19.6 Å². The molecule has 0 aromatic carbocycles. The quantitative estimate of drug-likeness (QED) is 0.518.